The van der Waals surface area contributed by atoms with E-state index in [1.54, 1.807) is 11.8 Å². The minimum atomic E-state index is 0.736. The van der Waals surface area contributed by atoms with E-state index in [9.17, 15) is 0 Å². The topological polar surface area (TPSA) is 12.0 Å². The Balaban J connectivity index is 1.83. The van der Waals surface area contributed by atoms with Crippen LogP contribution >= 0.6 is 11.8 Å². The molecule has 0 aliphatic heterocycles. The van der Waals surface area contributed by atoms with Gasteiger partial charge in [0.05, 0.1) is 0 Å². The van der Waals surface area contributed by atoms with E-state index in [2.05, 4.69) is 42.8 Å². The van der Waals surface area contributed by atoms with E-state index in [1.165, 1.54) is 29.7 Å². The second-order valence-electron chi connectivity index (χ2n) is 4.58. The van der Waals surface area contributed by atoms with Crippen LogP contribution in [-0.4, -0.2) is 12.3 Å². The molecule has 1 aromatic carbocycles. The zero-order chi connectivity index (χ0) is 11.4. The summed E-state index contributed by atoms with van der Waals surface area (Å²) in [5, 5.41) is 3.68. The van der Waals surface area contributed by atoms with Gasteiger partial charge in [-0.05, 0) is 49.1 Å². The third-order valence-corrected chi connectivity index (χ3v) is 4.10. The molecule has 0 bridgehead atoms. The molecule has 1 aliphatic carbocycles. The van der Waals surface area contributed by atoms with Crippen LogP contribution in [-0.2, 0) is 6.54 Å². The van der Waals surface area contributed by atoms with Crippen molar-refractivity contribution in [2.45, 2.75) is 43.7 Å². The highest BCUT2D eigenvalue weighted by atomic mass is 32.2. The largest absolute Gasteiger partial charge is 0.310 e. The lowest BCUT2D eigenvalue weighted by Crippen LogP contribution is -2.29. The molecule has 1 unspecified atom stereocenters. The van der Waals surface area contributed by atoms with E-state index in [-0.39, 0.29) is 0 Å². The van der Waals surface area contributed by atoms with E-state index in [0.29, 0.717) is 0 Å². The molecule has 2 heteroatoms. The Labute approximate surface area is 103 Å². The van der Waals surface area contributed by atoms with Crippen molar-refractivity contribution in [3.8, 4) is 0 Å². The van der Waals surface area contributed by atoms with Crippen molar-refractivity contribution in [1.29, 1.82) is 0 Å². The van der Waals surface area contributed by atoms with Gasteiger partial charge in [-0.3, -0.25) is 0 Å². The van der Waals surface area contributed by atoms with E-state index >= 15 is 0 Å². The smallest absolute Gasteiger partial charge is 0.0208 e. The van der Waals surface area contributed by atoms with Crippen LogP contribution in [0.25, 0.3) is 0 Å². The van der Waals surface area contributed by atoms with Crippen molar-refractivity contribution in [3.63, 3.8) is 0 Å². The molecular formula is C14H21NS. The Morgan fingerprint density at radius 3 is 2.50 bits per heavy atom. The van der Waals surface area contributed by atoms with Crippen molar-refractivity contribution in [3.05, 3.63) is 29.8 Å². The molecule has 0 saturated heterocycles. The summed E-state index contributed by atoms with van der Waals surface area (Å²) >= 11 is 1.80. The van der Waals surface area contributed by atoms with E-state index in [1.807, 2.05) is 0 Å². The molecule has 0 aromatic heterocycles. The van der Waals surface area contributed by atoms with Gasteiger partial charge in [-0.2, -0.15) is 0 Å². The molecule has 88 valence electrons. The van der Waals surface area contributed by atoms with Crippen LogP contribution < -0.4 is 5.32 Å². The SMILES string of the molecule is CCC(NCc1ccc(SC)cc1)C1CC1. The molecular weight excluding hydrogens is 214 g/mol. The van der Waals surface area contributed by atoms with Gasteiger partial charge in [-0.1, -0.05) is 19.1 Å². The second-order valence-corrected chi connectivity index (χ2v) is 5.46. The first-order valence-electron chi connectivity index (χ1n) is 6.19. The molecule has 1 nitrogen and oxygen atoms in total. The van der Waals surface area contributed by atoms with Crippen LogP contribution in [0, 0.1) is 5.92 Å². The summed E-state index contributed by atoms with van der Waals surface area (Å²) in [6.45, 7) is 3.30. The first-order valence-corrected chi connectivity index (χ1v) is 7.42. The van der Waals surface area contributed by atoms with Gasteiger partial charge >= 0.3 is 0 Å². The molecule has 0 radical (unpaired) electrons. The number of thioether (sulfide) groups is 1. The lowest BCUT2D eigenvalue weighted by molar-refractivity contribution is 0.449. The van der Waals surface area contributed by atoms with Crippen molar-refractivity contribution >= 4 is 11.8 Å². The summed E-state index contributed by atoms with van der Waals surface area (Å²) in [5.74, 6) is 0.954. The molecule has 1 N–H and O–H groups in total. The minimum Gasteiger partial charge on any atom is -0.310 e. The van der Waals surface area contributed by atoms with Gasteiger partial charge in [-0.15, -0.1) is 11.8 Å². The lowest BCUT2D eigenvalue weighted by atomic mass is 10.1. The summed E-state index contributed by atoms with van der Waals surface area (Å²) in [4.78, 5) is 1.35. The maximum atomic E-state index is 3.68. The maximum Gasteiger partial charge on any atom is 0.0208 e. The first-order chi connectivity index (χ1) is 7.83. The zero-order valence-electron chi connectivity index (χ0n) is 10.2. The molecule has 1 aliphatic rings. The number of hydrogen-bond donors (Lipinski definition) is 1. The lowest BCUT2D eigenvalue weighted by Gasteiger charge is -2.16. The van der Waals surface area contributed by atoms with Gasteiger partial charge in [0.25, 0.3) is 0 Å². The second kappa shape index (κ2) is 5.74. The molecule has 1 saturated carbocycles. The summed E-state index contributed by atoms with van der Waals surface area (Å²) < 4.78 is 0. The van der Waals surface area contributed by atoms with Crippen LogP contribution in [0.4, 0.5) is 0 Å². The molecule has 0 spiro atoms. The quantitative estimate of drug-likeness (QED) is 0.755. The van der Waals surface area contributed by atoms with Crippen molar-refractivity contribution in [1.82, 2.24) is 5.32 Å². The first kappa shape index (κ1) is 12.0. The van der Waals surface area contributed by atoms with Crippen LogP contribution in [0.2, 0.25) is 0 Å². The fourth-order valence-electron chi connectivity index (χ4n) is 2.14. The molecule has 0 amide bonds. The van der Waals surface area contributed by atoms with Crippen molar-refractivity contribution < 1.29 is 0 Å². The summed E-state index contributed by atoms with van der Waals surface area (Å²) in [6, 6.07) is 9.62. The Kier molecular flexibility index (Phi) is 4.30. The highest BCUT2D eigenvalue weighted by Gasteiger charge is 2.29. The molecule has 0 heterocycles. The molecule has 16 heavy (non-hydrogen) atoms. The number of benzene rings is 1. The Morgan fingerprint density at radius 1 is 1.31 bits per heavy atom. The Hall–Kier alpha value is -0.470. The van der Waals surface area contributed by atoms with Gasteiger partial charge in [0.2, 0.25) is 0 Å². The molecule has 2 rings (SSSR count). The Morgan fingerprint density at radius 2 is 2.00 bits per heavy atom. The number of hydrogen-bond acceptors (Lipinski definition) is 2. The normalized spacial score (nSPS) is 17.4. The van der Waals surface area contributed by atoms with Gasteiger partial charge in [-0.25, -0.2) is 0 Å². The molecule has 1 aromatic rings. The van der Waals surface area contributed by atoms with Gasteiger partial charge in [0.15, 0.2) is 0 Å². The zero-order valence-corrected chi connectivity index (χ0v) is 11.0. The molecule has 1 fully saturated rings. The van der Waals surface area contributed by atoms with Crippen LogP contribution in [0.15, 0.2) is 29.2 Å². The third-order valence-electron chi connectivity index (χ3n) is 3.36. The van der Waals surface area contributed by atoms with Crippen molar-refractivity contribution in [2.75, 3.05) is 6.26 Å². The highest BCUT2D eigenvalue weighted by Crippen LogP contribution is 2.34. The standard InChI is InChI=1S/C14H21NS/c1-3-14(12-6-7-12)15-10-11-4-8-13(16-2)9-5-11/h4-5,8-9,12,14-15H,3,6-7,10H2,1-2H3. The summed E-state index contributed by atoms with van der Waals surface area (Å²) in [7, 11) is 0. The van der Waals surface area contributed by atoms with Crippen LogP contribution in [0.1, 0.15) is 31.7 Å². The fourth-order valence-corrected chi connectivity index (χ4v) is 2.54. The minimum absolute atomic E-state index is 0.736. The van der Waals surface area contributed by atoms with Crippen LogP contribution in [0.5, 0.6) is 0 Å². The fraction of sp³-hybridized carbons (Fsp3) is 0.571. The average molecular weight is 235 g/mol. The Bertz CT molecular complexity index is 316. The van der Waals surface area contributed by atoms with Crippen LogP contribution in [0.3, 0.4) is 0 Å². The number of rotatable bonds is 6. The maximum absolute atomic E-state index is 3.68. The monoisotopic (exact) mass is 235 g/mol. The van der Waals surface area contributed by atoms with E-state index < -0.39 is 0 Å². The summed E-state index contributed by atoms with van der Waals surface area (Å²) in [6.07, 6.45) is 6.23. The third kappa shape index (κ3) is 3.26. The van der Waals surface area contributed by atoms with Gasteiger partial charge in [0, 0.05) is 17.5 Å². The van der Waals surface area contributed by atoms with E-state index in [4.69, 9.17) is 0 Å². The average Bonchev–Trinajstić information content (AvgIpc) is 3.15. The van der Waals surface area contributed by atoms with Crippen molar-refractivity contribution in [2.24, 2.45) is 5.92 Å². The summed E-state index contributed by atoms with van der Waals surface area (Å²) in [5.41, 5.74) is 1.40. The van der Waals surface area contributed by atoms with Gasteiger partial charge < -0.3 is 5.32 Å². The highest BCUT2D eigenvalue weighted by molar-refractivity contribution is 7.98. The number of nitrogens with one attached hydrogen (secondary N) is 1. The molecule has 1 atom stereocenters. The van der Waals surface area contributed by atoms with Gasteiger partial charge in [0.1, 0.15) is 0 Å². The predicted molar refractivity (Wildman–Crippen MR) is 71.9 cm³/mol. The van der Waals surface area contributed by atoms with E-state index in [0.717, 1.165) is 18.5 Å². The predicted octanol–water partition coefficient (Wildman–Crippen LogP) is 3.69.